The van der Waals surface area contributed by atoms with Gasteiger partial charge in [-0.15, -0.1) is 0 Å². The molecule has 0 fully saturated rings. The molecule has 0 aromatic carbocycles. The third kappa shape index (κ3) is 13.8. The molecule has 2 nitrogen and oxygen atoms in total. The average molecular weight is 156 g/mol. The van der Waals surface area contributed by atoms with Gasteiger partial charge in [-0.3, -0.25) is 0 Å². The summed E-state index contributed by atoms with van der Waals surface area (Å²) < 4.78 is 0. The predicted molar refractivity (Wildman–Crippen MR) is 18.1 cm³/mol. The van der Waals surface area contributed by atoms with Crippen molar-refractivity contribution in [1.82, 2.24) is 0 Å². The molecule has 0 bridgehead atoms. The second-order valence-corrected chi connectivity index (χ2v) is 0. The fourth-order valence-corrected chi connectivity index (χ4v) is 0. The van der Waals surface area contributed by atoms with E-state index in [4.69, 9.17) is 0 Å². The molecule has 0 aromatic rings. The Morgan fingerprint density at radius 2 is 0.750 bits per heavy atom. The van der Waals surface area contributed by atoms with Crippen LogP contribution in [0.25, 0.3) is 12.3 Å². The maximum atomic E-state index is 0. The normalized spacial score (nSPS) is 0. The summed E-state index contributed by atoms with van der Waals surface area (Å²) in [5.41, 5.74) is 0. The molecule has 0 rings (SSSR count). The van der Waals surface area contributed by atoms with Crippen LogP contribution in [0.15, 0.2) is 0 Å². The van der Waals surface area contributed by atoms with E-state index < -0.39 is 0 Å². The molecule has 0 saturated carbocycles. The first-order valence-corrected chi connectivity index (χ1v) is 0. The molecule has 0 saturated heterocycles. The van der Waals surface area contributed by atoms with Gasteiger partial charge in [-0.25, -0.2) is 0 Å². The van der Waals surface area contributed by atoms with Crippen LogP contribution in [0.5, 0.6) is 0 Å². The average Bonchev–Trinajstić information content (AvgIpc) is 0. The molecular formula is H4MoN2Si. The van der Waals surface area contributed by atoms with Gasteiger partial charge in [-0.1, -0.05) is 0 Å². The monoisotopic (exact) mass is 158 g/mol. The van der Waals surface area contributed by atoms with E-state index >= 15 is 0 Å². The minimum Gasteiger partial charge on any atom is -3.00 e. The van der Waals surface area contributed by atoms with Gasteiger partial charge in [0.15, 0.2) is 0 Å². The van der Waals surface area contributed by atoms with Crippen molar-refractivity contribution in [2.75, 3.05) is 0 Å². The van der Waals surface area contributed by atoms with Crippen molar-refractivity contribution in [3.8, 4) is 0 Å². The summed E-state index contributed by atoms with van der Waals surface area (Å²) in [6.45, 7) is 0. The molecule has 0 aliphatic heterocycles. The first-order valence-electron chi connectivity index (χ1n) is 0. The van der Waals surface area contributed by atoms with Gasteiger partial charge >= 0.3 is 21.1 Å². The zero-order chi connectivity index (χ0) is 0. The minimum atomic E-state index is 0. The van der Waals surface area contributed by atoms with Gasteiger partial charge in [-0.05, 0) is 11.0 Å². The summed E-state index contributed by atoms with van der Waals surface area (Å²) in [6, 6.07) is 0. The van der Waals surface area contributed by atoms with Crippen LogP contribution >= 0.6 is 0 Å². The third-order valence-corrected chi connectivity index (χ3v) is 0. The molecule has 0 aliphatic rings. The van der Waals surface area contributed by atoms with Crippen LogP contribution in [-0.4, -0.2) is 11.0 Å². The van der Waals surface area contributed by atoms with Gasteiger partial charge in [0.25, 0.3) is 0 Å². The molecule has 24 valence electrons. The molecule has 0 amide bonds. The van der Waals surface area contributed by atoms with Crippen LogP contribution in [0.3, 0.4) is 0 Å². The van der Waals surface area contributed by atoms with E-state index in [0.29, 0.717) is 0 Å². The van der Waals surface area contributed by atoms with Gasteiger partial charge < -0.3 is 12.3 Å². The zero-order valence-electron chi connectivity index (χ0n) is 1.30. The Hall–Kier alpha value is 0.825. The fraction of sp³-hybridized carbons (Fsp3) is 0. The first-order chi connectivity index (χ1) is 0. The van der Waals surface area contributed by atoms with Crippen molar-refractivity contribution in [2.24, 2.45) is 0 Å². The van der Waals surface area contributed by atoms with E-state index in [1.54, 1.807) is 0 Å². The number of rotatable bonds is 0. The van der Waals surface area contributed by atoms with Crippen LogP contribution in [0.4, 0.5) is 0 Å². The Morgan fingerprint density at radius 1 is 0.750 bits per heavy atom. The summed E-state index contributed by atoms with van der Waals surface area (Å²) in [7, 11) is 0. The van der Waals surface area contributed by atoms with E-state index in [1.165, 1.54) is 0 Å². The number of hydrogen-bond donors (Lipinski definition) is 0. The quantitative estimate of drug-likeness (QED) is 0.409. The largest absolute Gasteiger partial charge is 6.00 e. The van der Waals surface area contributed by atoms with Crippen molar-refractivity contribution in [2.45, 2.75) is 0 Å². The van der Waals surface area contributed by atoms with Crippen molar-refractivity contribution >= 4 is 11.0 Å². The number of hydrogen-bond acceptors (Lipinski definition) is 0. The Labute approximate surface area is 44.8 Å². The molecule has 0 atom stereocenters. The van der Waals surface area contributed by atoms with Gasteiger partial charge in [-0.2, -0.15) is 0 Å². The second-order valence-electron chi connectivity index (χ2n) is 0. The Balaban J connectivity index is 0. The van der Waals surface area contributed by atoms with Crippen LogP contribution in [-0.2, 0) is 21.1 Å². The molecule has 0 radical (unpaired) electrons. The maximum absolute atomic E-state index is 0. The summed E-state index contributed by atoms with van der Waals surface area (Å²) in [5, 5.41) is 0. The van der Waals surface area contributed by atoms with Gasteiger partial charge in [0.1, 0.15) is 0 Å². The number of nitrogens with zero attached hydrogens (tertiary/aromatic N) is 2. The van der Waals surface area contributed by atoms with Crippen LogP contribution < -0.4 is 0 Å². The minimum absolute atomic E-state index is 0. The molecular weight excluding hydrogens is 152 g/mol. The van der Waals surface area contributed by atoms with Crippen molar-refractivity contribution in [3.63, 3.8) is 0 Å². The molecule has 0 spiro atoms. The Bertz CT molecular complexity index is 6.00. The van der Waals surface area contributed by atoms with Crippen LogP contribution in [0.1, 0.15) is 0 Å². The maximum Gasteiger partial charge on any atom is 6.00 e. The van der Waals surface area contributed by atoms with E-state index in [0.717, 1.165) is 0 Å². The zero-order valence-corrected chi connectivity index (χ0v) is 3.31. The summed E-state index contributed by atoms with van der Waals surface area (Å²) in [5.74, 6) is 0. The van der Waals surface area contributed by atoms with Gasteiger partial charge in [0, 0.05) is 0 Å². The molecule has 0 aromatic heterocycles. The van der Waals surface area contributed by atoms with Crippen LogP contribution in [0.2, 0.25) is 0 Å². The molecule has 4 heteroatoms. The van der Waals surface area contributed by atoms with Crippen molar-refractivity contribution in [3.05, 3.63) is 12.3 Å². The van der Waals surface area contributed by atoms with Crippen molar-refractivity contribution < 1.29 is 21.1 Å². The Kier molecular flexibility index (Phi) is 1160. The van der Waals surface area contributed by atoms with E-state index in [9.17, 15) is 0 Å². The van der Waals surface area contributed by atoms with Crippen molar-refractivity contribution in [1.29, 1.82) is 0 Å². The van der Waals surface area contributed by atoms with E-state index in [1.807, 2.05) is 0 Å². The summed E-state index contributed by atoms with van der Waals surface area (Å²) >= 11 is 0. The summed E-state index contributed by atoms with van der Waals surface area (Å²) in [6.07, 6.45) is 0. The van der Waals surface area contributed by atoms with E-state index in [2.05, 4.69) is 0 Å². The standard InChI is InChI=1S/Mo.2N.H4Si/h;;;1H4/q+6;2*-3;. The second kappa shape index (κ2) is 44.8. The molecule has 4 heavy (non-hydrogen) atoms. The molecule has 0 unspecified atom stereocenters. The summed E-state index contributed by atoms with van der Waals surface area (Å²) in [4.78, 5) is 0. The fourth-order valence-electron chi connectivity index (χ4n) is 0. The van der Waals surface area contributed by atoms with Gasteiger partial charge in [0.2, 0.25) is 0 Å². The smallest absolute Gasteiger partial charge is 3.00 e. The first kappa shape index (κ1) is 104. The van der Waals surface area contributed by atoms with Crippen LogP contribution in [0, 0.1) is 0 Å². The molecule has 0 N–H and O–H groups in total. The topological polar surface area (TPSA) is 61.0 Å². The van der Waals surface area contributed by atoms with Gasteiger partial charge in [0.05, 0.1) is 0 Å². The Morgan fingerprint density at radius 3 is 0.750 bits per heavy atom. The SMILES string of the molecule is [Mo+6].[N-3].[N-3].[SiH4]. The predicted octanol–water partition coefficient (Wildman–Crippen LogP) is -0.877. The molecule has 0 aliphatic carbocycles. The third-order valence-electron chi connectivity index (χ3n) is 0. The molecule has 0 heterocycles. The van der Waals surface area contributed by atoms with E-state index in [-0.39, 0.29) is 44.3 Å².